The maximum Gasteiger partial charge on any atom is 0.332 e. The Morgan fingerprint density at radius 1 is 1.00 bits per heavy atom. The van der Waals surface area contributed by atoms with Crippen molar-refractivity contribution in [1.29, 1.82) is 0 Å². The number of nitrogens with one attached hydrogen (secondary N) is 2. The largest absolute Gasteiger partial charge is 0.493 e. The zero-order valence-electron chi connectivity index (χ0n) is 20.5. The maximum absolute atomic E-state index is 13.5. The summed E-state index contributed by atoms with van der Waals surface area (Å²) in [5, 5.41) is 5.60. The molecule has 0 aliphatic rings. The Labute approximate surface area is 202 Å². The molecule has 0 spiro atoms. The molecular formula is C25H30N4O6. The topological polar surface area (TPSA) is 121 Å². The first kappa shape index (κ1) is 25.5. The minimum absolute atomic E-state index is 0.0387. The number of amides is 2. The van der Waals surface area contributed by atoms with Crippen molar-refractivity contribution in [2.45, 2.75) is 39.4 Å². The molecule has 3 rings (SSSR count). The molecule has 1 aromatic heterocycles. The molecule has 186 valence electrons. The standard InChI is InChI=1S/C25H30N4O6/c1-6-15(2)27-22(30)14-28-19-12-21(35-5)20(34-4)11-18(19)24(32)29(25(28)33)13-16-7-9-17(10-8-16)23(31)26-3/h7-12,15H,6,13-14H2,1-5H3,(H,26,31)(H,27,30)/t15-/m1/s1. The van der Waals surface area contributed by atoms with Crippen molar-refractivity contribution in [2.75, 3.05) is 21.3 Å². The zero-order chi connectivity index (χ0) is 25.7. The van der Waals surface area contributed by atoms with E-state index >= 15 is 0 Å². The van der Waals surface area contributed by atoms with Gasteiger partial charge in [0.15, 0.2) is 11.5 Å². The first-order valence-electron chi connectivity index (χ1n) is 11.2. The molecule has 0 aliphatic heterocycles. The van der Waals surface area contributed by atoms with Crippen molar-refractivity contribution in [2.24, 2.45) is 0 Å². The lowest BCUT2D eigenvalue weighted by atomic mass is 10.1. The fourth-order valence-corrected chi connectivity index (χ4v) is 3.69. The van der Waals surface area contributed by atoms with E-state index in [-0.39, 0.29) is 41.8 Å². The summed E-state index contributed by atoms with van der Waals surface area (Å²) in [4.78, 5) is 51.4. The predicted molar refractivity (Wildman–Crippen MR) is 132 cm³/mol. The number of hydrogen-bond donors (Lipinski definition) is 2. The number of nitrogens with zero attached hydrogens (tertiary/aromatic N) is 2. The molecule has 1 atom stereocenters. The molecule has 1 heterocycles. The summed E-state index contributed by atoms with van der Waals surface area (Å²) < 4.78 is 13.0. The number of ether oxygens (including phenoxy) is 2. The number of hydrogen-bond acceptors (Lipinski definition) is 6. The van der Waals surface area contributed by atoms with Gasteiger partial charge in [-0.15, -0.1) is 0 Å². The van der Waals surface area contributed by atoms with Crippen LogP contribution in [0.3, 0.4) is 0 Å². The fourth-order valence-electron chi connectivity index (χ4n) is 3.69. The number of rotatable bonds is 9. The Balaban J connectivity index is 2.17. The van der Waals surface area contributed by atoms with Gasteiger partial charge in [-0.2, -0.15) is 0 Å². The third-order valence-corrected chi connectivity index (χ3v) is 5.84. The average Bonchev–Trinajstić information content (AvgIpc) is 2.87. The van der Waals surface area contributed by atoms with Crippen LogP contribution < -0.4 is 31.4 Å². The van der Waals surface area contributed by atoms with Gasteiger partial charge >= 0.3 is 5.69 Å². The monoisotopic (exact) mass is 482 g/mol. The molecule has 2 N–H and O–H groups in total. The molecule has 0 bridgehead atoms. The second-order valence-corrected chi connectivity index (χ2v) is 8.14. The van der Waals surface area contributed by atoms with E-state index in [4.69, 9.17) is 9.47 Å². The highest BCUT2D eigenvalue weighted by atomic mass is 16.5. The van der Waals surface area contributed by atoms with Crippen molar-refractivity contribution >= 4 is 22.7 Å². The number of benzene rings is 2. The smallest absolute Gasteiger partial charge is 0.332 e. The zero-order valence-corrected chi connectivity index (χ0v) is 20.5. The van der Waals surface area contributed by atoms with E-state index in [0.717, 1.165) is 11.0 Å². The van der Waals surface area contributed by atoms with Crippen LogP contribution in [0, 0.1) is 0 Å². The maximum atomic E-state index is 13.5. The van der Waals surface area contributed by atoms with Crippen LogP contribution in [0.15, 0.2) is 46.0 Å². The van der Waals surface area contributed by atoms with Gasteiger partial charge in [0.05, 0.1) is 31.7 Å². The highest BCUT2D eigenvalue weighted by Gasteiger charge is 2.19. The molecule has 2 amide bonds. The molecule has 35 heavy (non-hydrogen) atoms. The second kappa shape index (κ2) is 10.9. The van der Waals surface area contributed by atoms with Gasteiger partial charge in [0, 0.05) is 24.7 Å². The van der Waals surface area contributed by atoms with Crippen molar-refractivity contribution in [3.05, 3.63) is 68.4 Å². The summed E-state index contributed by atoms with van der Waals surface area (Å²) in [5.74, 6) is 0.0677. The summed E-state index contributed by atoms with van der Waals surface area (Å²) in [5.41, 5.74) is 0.206. The first-order valence-corrected chi connectivity index (χ1v) is 11.2. The minimum Gasteiger partial charge on any atom is -0.493 e. The summed E-state index contributed by atoms with van der Waals surface area (Å²) in [7, 11) is 4.44. The fraction of sp³-hybridized carbons (Fsp3) is 0.360. The van der Waals surface area contributed by atoms with Crippen LogP contribution >= 0.6 is 0 Å². The van der Waals surface area contributed by atoms with Gasteiger partial charge < -0.3 is 20.1 Å². The predicted octanol–water partition coefficient (Wildman–Crippen LogP) is 1.50. The number of aromatic nitrogens is 2. The molecule has 0 fully saturated rings. The molecular weight excluding hydrogens is 452 g/mol. The van der Waals surface area contributed by atoms with Crippen LogP contribution in [0.5, 0.6) is 11.5 Å². The van der Waals surface area contributed by atoms with Gasteiger partial charge in [0.25, 0.3) is 11.5 Å². The van der Waals surface area contributed by atoms with Crippen LogP contribution in [0.4, 0.5) is 0 Å². The second-order valence-electron chi connectivity index (χ2n) is 8.14. The highest BCUT2D eigenvalue weighted by molar-refractivity contribution is 5.94. The van der Waals surface area contributed by atoms with E-state index in [2.05, 4.69) is 10.6 Å². The van der Waals surface area contributed by atoms with Crippen LogP contribution in [-0.4, -0.2) is 48.3 Å². The van der Waals surface area contributed by atoms with E-state index in [1.54, 1.807) is 24.3 Å². The lowest BCUT2D eigenvalue weighted by molar-refractivity contribution is -0.122. The molecule has 3 aromatic rings. The van der Waals surface area contributed by atoms with Gasteiger partial charge in [-0.1, -0.05) is 19.1 Å². The summed E-state index contributed by atoms with van der Waals surface area (Å²) in [6.45, 7) is 3.50. The van der Waals surface area contributed by atoms with Crippen molar-refractivity contribution in [1.82, 2.24) is 19.8 Å². The summed E-state index contributed by atoms with van der Waals surface area (Å²) >= 11 is 0. The molecule has 2 aromatic carbocycles. The summed E-state index contributed by atoms with van der Waals surface area (Å²) in [6.07, 6.45) is 0.734. The van der Waals surface area contributed by atoms with E-state index in [0.29, 0.717) is 22.6 Å². The Morgan fingerprint density at radius 3 is 2.20 bits per heavy atom. The normalized spacial score (nSPS) is 11.7. The van der Waals surface area contributed by atoms with E-state index in [1.165, 1.54) is 38.0 Å². The van der Waals surface area contributed by atoms with Crippen molar-refractivity contribution in [3.8, 4) is 11.5 Å². The van der Waals surface area contributed by atoms with Crippen molar-refractivity contribution < 1.29 is 19.1 Å². The number of fused-ring (bicyclic) bond motifs is 1. The van der Waals surface area contributed by atoms with Gasteiger partial charge in [0.1, 0.15) is 6.54 Å². The Bertz CT molecular complexity index is 1360. The molecule has 0 saturated heterocycles. The average molecular weight is 483 g/mol. The molecule has 0 unspecified atom stereocenters. The van der Waals surface area contributed by atoms with Crippen molar-refractivity contribution in [3.63, 3.8) is 0 Å². The number of carbonyl (C=O) groups is 2. The number of methoxy groups -OCH3 is 2. The Kier molecular flexibility index (Phi) is 7.95. The quantitative estimate of drug-likeness (QED) is 0.477. The van der Waals surface area contributed by atoms with Crippen LogP contribution in [0.25, 0.3) is 10.9 Å². The molecule has 0 aliphatic carbocycles. The van der Waals surface area contributed by atoms with E-state index < -0.39 is 11.2 Å². The van der Waals surface area contributed by atoms with Crippen LogP contribution in [0.1, 0.15) is 36.2 Å². The lowest BCUT2D eigenvalue weighted by Gasteiger charge is -2.17. The summed E-state index contributed by atoms with van der Waals surface area (Å²) in [6, 6.07) is 9.55. The third-order valence-electron chi connectivity index (χ3n) is 5.84. The molecule has 0 saturated carbocycles. The number of carbonyl (C=O) groups excluding carboxylic acids is 2. The highest BCUT2D eigenvalue weighted by Crippen LogP contribution is 2.30. The van der Waals surface area contributed by atoms with Gasteiger partial charge in [-0.05, 0) is 37.1 Å². The molecule has 10 nitrogen and oxygen atoms in total. The van der Waals surface area contributed by atoms with E-state index in [9.17, 15) is 19.2 Å². The lowest BCUT2D eigenvalue weighted by Crippen LogP contribution is -2.44. The SMILES string of the molecule is CC[C@@H](C)NC(=O)Cn1c(=O)n(Cc2ccc(C(=O)NC)cc2)c(=O)c2cc(OC)c(OC)cc21. The van der Waals surface area contributed by atoms with Gasteiger partial charge in [-0.3, -0.25) is 23.5 Å². The van der Waals surface area contributed by atoms with Crippen LogP contribution in [0.2, 0.25) is 0 Å². The molecule has 10 heteroatoms. The van der Waals surface area contributed by atoms with Gasteiger partial charge in [-0.25, -0.2) is 4.79 Å². The first-order chi connectivity index (χ1) is 16.7. The Morgan fingerprint density at radius 2 is 1.63 bits per heavy atom. The van der Waals surface area contributed by atoms with Gasteiger partial charge in [0.2, 0.25) is 5.91 Å². The van der Waals surface area contributed by atoms with Crippen LogP contribution in [-0.2, 0) is 17.9 Å². The Hall–Kier alpha value is -4.08. The third kappa shape index (κ3) is 5.37. The van der Waals surface area contributed by atoms with E-state index in [1.807, 2.05) is 13.8 Å². The minimum atomic E-state index is -0.635. The molecule has 0 radical (unpaired) electrons.